The van der Waals surface area contributed by atoms with Crippen LogP contribution in [0.5, 0.6) is 0 Å². The molecular weight excluding hydrogens is 312 g/mol. The van der Waals surface area contributed by atoms with Crippen molar-refractivity contribution in [2.45, 2.75) is 32.4 Å². The van der Waals surface area contributed by atoms with Gasteiger partial charge in [-0.15, -0.1) is 12.4 Å². The van der Waals surface area contributed by atoms with Gasteiger partial charge in [0.05, 0.1) is 5.75 Å². The first-order valence-corrected chi connectivity index (χ1v) is 8.48. The maximum Gasteiger partial charge on any atom is 0.251 e. The van der Waals surface area contributed by atoms with Gasteiger partial charge in [-0.1, -0.05) is 12.1 Å². The van der Waals surface area contributed by atoms with E-state index in [-0.39, 0.29) is 24.1 Å². The van der Waals surface area contributed by atoms with Gasteiger partial charge in [0.1, 0.15) is 9.84 Å². The van der Waals surface area contributed by atoms with Crippen molar-refractivity contribution in [3.05, 3.63) is 35.4 Å². The molecule has 0 aromatic heterocycles. The lowest BCUT2D eigenvalue weighted by Gasteiger charge is -2.26. The predicted molar refractivity (Wildman–Crippen MR) is 87.5 cm³/mol. The molecule has 1 aromatic rings. The van der Waals surface area contributed by atoms with Crippen LogP contribution < -0.4 is 11.1 Å². The lowest BCUT2D eigenvalue weighted by atomic mass is 10.0. The van der Waals surface area contributed by atoms with Crippen molar-refractivity contribution in [3.63, 3.8) is 0 Å². The Bertz CT molecular complexity index is 568. The summed E-state index contributed by atoms with van der Waals surface area (Å²) in [6, 6.07) is 7.03. The Kier molecular flexibility index (Phi) is 7.36. The number of nitrogens with one attached hydrogen (secondary N) is 1. The molecule has 1 amide bonds. The molecule has 0 fully saturated rings. The molecule has 7 heteroatoms. The van der Waals surface area contributed by atoms with Crippen LogP contribution in [0.3, 0.4) is 0 Å². The third kappa shape index (κ3) is 7.45. The Morgan fingerprint density at radius 1 is 1.24 bits per heavy atom. The number of hydrogen-bond donors (Lipinski definition) is 2. The van der Waals surface area contributed by atoms with Gasteiger partial charge < -0.3 is 11.1 Å². The molecule has 0 saturated carbocycles. The van der Waals surface area contributed by atoms with Crippen molar-refractivity contribution in [2.24, 2.45) is 5.73 Å². The highest BCUT2D eigenvalue weighted by molar-refractivity contribution is 7.90. The third-order valence-electron chi connectivity index (χ3n) is 3.00. The molecular formula is C14H23ClN2O3S. The van der Waals surface area contributed by atoms with Gasteiger partial charge in [0, 0.05) is 23.9 Å². The van der Waals surface area contributed by atoms with Crippen LogP contribution in [0, 0.1) is 0 Å². The fourth-order valence-electron chi connectivity index (χ4n) is 1.67. The number of rotatable bonds is 6. The van der Waals surface area contributed by atoms with Gasteiger partial charge in [0.15, 0.2) is 0 Å². The van der Waals surface area contributed by atoms with E-state index >= 15 is 0 Å². The molecule has 0 bridgehead atoms. The summed E-state index contributed by atoms with van der Waals surface area (Å²) in [7, 11) is -3.03. The van der Waals surface area contributed by atoms with E-state index in [0.29, 0.717) is 18.5 Å². The van der Waals surface area contributed by atoms with Crippen LogP contribution in [0.25, 0.3) is 0 Å². The average Bonchev–Trinajstić information content (AvgIpc) is 2.35. The summed E-state index contributed by atoms with van der Waals surface area (Å²) < 4.78 is 22.4. The van der Waals surface area contributed by atoms with Gasteiger partial charge in [-0.05, 0) is 38.0 Å². The Morgan fingerprint density at radius 2 is 1.76 bits per heavy atom. The highest BCUT2D eigenvalue weighted by atomic mass is 35.5. The fourth-order valence-corrected chi connectivity index (χ4v) is 2.56. The Labute approximate surface area is 132 Å². The molecule has 0 heterocycles. The molecule has 0 saturated heterocycles. The standard InChI is InChI=1S/C14H22N2O3S.ClH/c1-14(2,8-9-20(3,18)19)16-13(17)12-6-4-11(10-15)5-7-12;/h4-7H,8-10,15H2,1-3H3,(H,16,17);1H. The van der Waals surface area contributed by atoms with Gasteiger partial charge in [-0.2, -0.15) is 0 Å². The Morgan fingerprint density at radius 3 is 2.19 bits per heavy atom. The van der Waals surface area contributed by atoms with E-state index in [1.54, 1.807) is 24.3 Å². The highest BCUT2D eigenvalue weighted by Crippen LogP contribution is 2.12. The first-order chi connectivity index (χ1) is 9.13. The second-order valence-electron chi connectivity index (χ2n) is 5.62. The summed E-state index contributed by atoms with van der Waals surface area (Å²) in [5, 5.41) is 2.85. The van der Waals surface area contributed by atoms with Gasteiger partial charge in [-0.3, -0.25) is 4.79 Å². The van der Waals surface area contributed by atoms with E-state index in [2.05, 4.69) is 5.32 Å². The monoisotopic (exact) mass is 334 g/mol. The van der Waals surface area contributed by atoms with Crippen molar-refractivity contribution >= 4 is 28.2 Å². The minimum atomic E-state index is -3.03. The summed E-state index contributed by atoms with van der Waals surface area (Å²) in [6.45, 7) is 4.05. The van der Waals surface area contributed by atoms with Gasteiger partial charge in [0.2, 0.25) is 0 Å². The summed E-state index contributed by atoms with van der Waals surface area (Å²) in [6.07, 6.45) is 1.56. The SMILES string of the molecule is CC(C)(CCS(C)(=O)=O)NC(=O)c1ccc(CN)cc1.Cl. The van der Waals surface area contributed by atoms with Crippen LogP contribution in [0.2, 0.25) is 0 Å². The summed E-state index contributed by atoms with van der Waals surface area (Å²) in [5.41, 5.74) is 6.42. The molecule has 0 aliphatic carbocycles. The first-order valence-electron chi connectivity index (χ1n) is 6.42. The largest absolute Gasteiger partial charge is 0.347 e. The summed E-state index contributed by atoms with van der Waals surface area (Å²) >= 11 is 0. The Balaban J connectivity index is 0.00000400. The van der Waals surface area contributed by atoms with Crippen LogP contribution in [-0.4, -0.2) is 31.9 Å². The first kappa shape index (κ1) is 19.9. The second-order valence-corrected chi connectivity index (χ2v) is 7.88. The van der Waals surface area contributed by atoms with Crippen LogP contribution in [-0.2, 0) is 16.4 Å². The molecule has 0 atom stereocenters. The van der Waals surface area contributed by atoms with Crippen LogP contribution in [0.4, 0.5) is 0 Å². The normalized spacial score (nSPS) is 11.6. The maximum atomic E-state index is 12.1. The minimum absolute atomic E-state index is 0. The molecule has 120 valence electrons. The number of hydrogen-bond acceptors (Lipinski definition) is 4. The third-order valence-corrected chi connectivity index (χ3v) is 3.95. The number of benzene rings is 1. The lowest BCUT2D eigenvalue weighted by Crippen LogP contribution is -2.44. The van der Waals surface area contributed by atoms with E-state index < -0.39 is 15.4 Å². The number of halogens is 1. The van der Waals surface area contributed by atoms with Crippen molar-refractivity contribution in [1.82, 2.24) is 5.32 Å². The van der Waals surface area contributed by atoms with E-state index in [1.807, 2.05) is 13.8 Å². The van der Waals surface area contributed by atoms with Crippen molar-refractivity contribution < 1.29 is 13.2 Å². The Hall–Kier alpha value is -1.11. The van der Waals surface area contributed by atoms with E-state index in [9.17, 15) is 13.2 Å². The van der Waals surface area contributed by atoms with Crippen molar-refractivity contribution in [3.8, 4) is 0 Å². The van der Waals surface area contributed by atoms with Gasteiger partial charge in [0.25, 0.3) is 5.91 Å². The van der Waals surface area contributed by atoms with Crippen molar-refractivity contribution in [2.75, 3.05) is 12.0 Å². The van der Waals surface area contributed by atoms with E-state index in [1.165, 1.54) is 6.26 Å². The highest BCUT2D eigenvalue weighted by Gasteiger charge is 2.22. The maximum absolute atomic E-state index is 12.1. The number of amides is 1. The summed E-state index contributed by atoms with van der Waals surface area (Å²) in [5.74, 6) is -0.168. The number of nitrogens with two attached hydrogens (primary N) is 1. The molecule has 0 aliphatic heterocycles. The second kappa shape index (κ2) is 7.77. The van der Waals surface area contributed by atoms with E-state index in [0.717, 1.165) is 5.56 Å². The predicted octanol–water partition coefficient (Wildman–Crippen LogP) is 1.51. The zero-order valence-corrected chi connectivity index (χ0v) is 14.2. The molecule has 1 rings (SSSR count). The number of sulfone groups is 1. The lowest BCUT2D eigenvalue weighted by molar-refractivity contribution is 0.0911. The van der Waals surface area contributed by atoms with Crippen LogP contribution in [0.1, 0.15) is 36.2 Å². The van der Waals surface area contributed by atoms with Crippen LogP contribution >= 0.6 is 12.4 Å². The van der Waals surface area contributed by atoms with Gasteiger partial charge >= 0.3 is 0 Å². The molecule has 3 N–H and O–H groups in total. The van der Waals surface area contributed by atoms with Crippen molar-refractivity contribution in [1.29, 1.82) is 0 Å². The van der Waals surface area contributed by atoms with E-state index in [4.69, 9.17) is 5.73 Å². The smallest absolute Gasteiger partial charge is 0.251 e. The molecule has 0 radical (unpaired) electrons. The summed E-state index contributed by atoms with van der Waals surface area (Å²) in [4.78, 5) is 12.1. The molecule has 0 unspecified atom stereocenters. The molecule has 0 aliphatic rings. The number of carbonyl (C=O) groups excluding carboxylic acids is 1. The molecule has 5 nitrogen and oxygen atoms in total. The zero-order chi connectivity index (χ0) is 15.4. The number of carbonyl (C=O) groups is 1. The van der Waals surface area contributed by atoms with Crippen LogP contribution in [0.15, 0.2) is 24.3 Å². The fraction of sp³-hybridized carbons (Fsp3) is 0.500. The topological polar surface area (TPSA) is 89.3 Å². The molecule has 1 aromatic carbocycles. The molecule has 21 heavy (non-hydrogen) atoms. The molecule has 0 spiro atoms. The average molecular weight is 335 g/mol. The van der Waals surface area contributed by atoms with Gasteiger partial charge in [-0.25, -0.2) is 8.42 Å². The zero-order valence-electron chi connectivity index (χ0n) is 12.5. The quantitative estimate of drug-likeness (QED) is 0.825. The minimum Gasteiger partial charge on any atom is -0.347 e.